The molecule has 4 heterocycles. The Balaban J connectivity index is 1.38. The molecule has 0 aromatic heterocycles. The van der Waals surface area contributed by atoms with E-state index in [9.17, 15) is 15.0 Å². The molecule has 6 rings (SSSR count). The van der Waals surface area contributed by atoms with Gasteiger partial charge in [0.05, 0.1) is 13.2 Å². The molecule has 4 aliphatic heterocycles. The number of aromatic hydroxyl groups is 2. The van der Waals surface area contributed by atoms with Gasteiger partial charge in [-0.3, -0.25) is 4.79 Å². The Morgan fingerprint density at radius 3 is 2.11 bits per heavy atom. The highest BCUT2D eigenvalue weighted by molar-refractivity contribution is 6.01. The van der Waals surface area contributed by atoms with E-state index >= 15 is 0 Å². The fourth-order valence-corrected chi connectivity index (χ4v) is 6.60. The molecule has 0 unspecified atom stereocenters. The summed E-state index contributed by atoms with van der Waals surface area (Å²) in [4.78, 5) is 13.6. The van der Waals surface area contributed by atoms with Gasteiger partial charge in [-0.05, 0) is 48.8 Å². The lowest BCUT2D eigenvalue weighted by Gasteiger charge is -2.43. The van der Waals surface area contributed by atoms with Crippen molar-refractivity contribution in [2.24, 2.45) is 23.7 Å². The summed E-state index contributed by atoms with van der Waals surface area (Å²) in [7, 11) is 0. The molecule has 0 aliphatic carbocycles. The Hall–Kier alpha value is -2.97. The van der Waals surface area contributed by atoms with E-state index in [-0.39, 0.29) is 40.7 Å². The molecule has 2 aromatic carbocycles. The lowest BCUT2D eigenvalue weighted by Crippen LogP contribution is -2.47. The predicted octanol–water partition coefficient (Wildman–Crippen LogP) is 3.94. The molecule has 1 amide bonds. The lowest BCUT2D eigenvalue weighted by molar-refractivity contribution is -0.174. The average molecular weight is 510 g/mol. The topological polar surface area (TPSA) is 106 Å². The fraction of sp³-hybridized carbons (Fsp3) is 0.552. The molecule has 198 valence electrons. The first-order valence-corrected chi connectivity index (χ1v) is 13.2. The maximum Gasteiger partial charge on any atom is 0.258 e. The Bertz CT molecular complexity index is 1240. The third kappa shape index (κ3) is 3.84. The van der Waals surface area contributed by atoms with Crippen molar-refractivity contribution in [3.63, 3.8) is 0 Å². The van der Waals surface area contributed by atoms with E-state index in [1.807, 2.05) is 26.0 Å². The van der Waals surface area contributed by atoms with E-state index in [2.05, 4.69) is 19.2 Å². The van der Waals surface area contributed by atoms with Gasteiger partial charge in [0.15, 0.2) is 0 Å². The fourth-order valence-electron chi connectivity index (χ4n) is 6.60. The molecule has 2 fully saturated rings. The summed E-state index contributed by atoms with van der Waals surface area (Å²) in [5.41, 5.74) is 2.58. The van der Waals surface area contributed by atoms with E-state index in [1.165, 1.54) is 0 Å². The second-order valence-electron chi connectivity index (χ2n) is 11.4. The Morgan fingerprint density at radius 1 is 0.919 bits per heavy atom. The van der Waals surface area contributed by atoms with Crippen LogP contribution in [-0.4, -0.2) is 47.5 Å². The van der Waals surface area contributed by atoms with Gasteiger partial charge in [-0.2, -0.15) is 0 Å². The molecule has 4 aliphatic rings. The summed E-state index contributed by atoms with van der Waals surface area (Å²) in [6, 6.07) is 6.89. The average Bonchev–Trinajstić information content (AvgIpc) is 3.32. The lowest BCUT2D eigenvalue weighted by atomic mass is 9.77. The highest BCUT2D eigenvalue weighted by atomic mass is 16.7. The second kappa shape index (κ2) is 8.53. The number of rotatable bonds is 4. The van der Waals surface area contributed by atoms with Crippen molar-refractivity contribution in [3.8, 4) is 23.0 Å². The van der Waals surface area contributed by atoms with Gasteiger partial charge in [0.1, 0.15) is 28.6 Å². The number of benzene rings is 2. The molecule has 3 N–H and O–H groups in total. The quantitative estimate of drug-likeness (QED) is 0.573. The summed E-state index contributed by atoms with van der Waals surface area (Å²) in [5.74, 6) is -0.328. The summed E-state index contributed by atoms with van der Waals surface area (Å²) in [6.45, 7) is 9.67. The zero-order chi connectivity index (χ0) is 26.1. The van der Waals surface area contributed by atoms with Gasteiger partial charge >= 0.3 is 0 Å². The van der Waals surface area contributed by atoms with Crippen LogP contribution in [0.1, 0.15) is 54.7 Å². The zero-order valence-electron chi connectivity index (χ0n) is 21.8. The van der Waals surface area contributed by atoms with Gasteiger partial charge in [0, 0.05) is 43.4 Å². The minimum absolute atomic E-state index is 0.0675. The number of amides is 1. The normalized spacial score (nSPS) is 33.4. The number of nitrogens with one attached hydrogen (secondary N) is 1. The first-order chi connectivity index (χ1) is 17.6. The second-order valence-corrected chi connectivity index (χ2v) is 11.4. The van der Waals surface area contributed by atoms with Crippen LogP contribution in [0.25, 0.3) is 0 Å². The smallest absolute Gasteiger partial charge is 0.258 e. The number of carbonyl (C=O) groups is 1. The summed E-state index contributed by atoms with van der Waals surface area (Å²) in [6.07, 6.45) is 1.77. The monoisotopic (exact) mass is 509 g/mol. The van der Waals surface area contributed by atoms with Crippen LogP contribution in [0, 0.1) is 23.7 Å². The largest absolute Gasteiger partial charge is 0.508 e. The van der Waals surface area contributed by atoms with E-state index in [1.54, 1.807) is 12.1 Å². The molecule has 8 heteroatoms. The summed E-state index contributed by atoms with van der Waals surface area (Å²) in [5, 5.41) is 24.0. The molecule has 2 saturated heterocycles. The molecule has 37 heavy (non-hydrogen) atoms. The van der Waals surface area contributed by atoms with Crippen molar-refractivity contribution in [3.05, 3.63) is 46.5 Å². The van der Waals surface area contributed by atoms with E-state index in [4.69, 9.17) is 18.9 Å². The van der Waals surface area contributed by atoms with Gasteiger partial charge in [-0.1, -0.05) is 26.0 Å². The van der Waals surface area contributed by atoms with Gasteiger partial charge < -0.3 is 34.5 Å². The van der Waals surface area contributed by atoms with Crippen LogP contribution in [-0.2, 0) is 28.7 Å². The Morgan fingerprint density at radius 2 is 1.49 bits per heavy atom. The standard InChI is InChI=1S/C29H35NO7/c1-15-13-34-28(3)21(15)11-19-24(32)23(27(33)30-10-9-17-5-7-18(31)8-6-17)26-20(25(19)36-28)12-22-16(2)14-35-29(22,4)37-26/h5-8,15-16,21-22,31-32H,9-14H2,1-4H3,(H,30,33)/t15-,16-,21+,22+,28+,29+/m0/s1. The number of fused-ring (bicyclic) bond motifs is 5. The third-order valence-corrected chi connectivity index (χ3v) is 8.88. The summed E-state index contributed by atoms with van der Waals surface area (Å²) < 4.78 is 25.2. The number of hydrogen-bond donors (Lipinski definition) is 3. The van der Waals surface area contributed by atoms with Crippen molar-refractivity contribution >= 4 is 5.91 Å². The van der Waals surface area contributed by atoms with Crippen molar-refractivity contribution in [1.29, 1.82) is 0 Å². The van der Waals surface area contributed by atoms with Crippen molar-refractivity contribution in [1.82, 2.24) is 5.32 Å². The number of phenols is 2. The van der Waals surface area contributed by atoms with Crippen molar-refractivity contribution < 1.29 is 34.0 Å². The van der Waals surface area contributed by atoms with Gasteiger partial charge in [0.2, 0.25) is 11.6 Å². The van der Waals surface area contributed by atoms with Crippen LogP contribution in [0.4, 0.5) is 0 Å². The molecular weight excluding hydrogens is 474 g/mol. The van der Waals surface area contributed by atoms with E-state index in [0.29, 0.717) is 56.1 Å². The number of carbonyl (C=O) groups excluding carboxylic acids is 1. The zero-order valence-corrected chi connectivity index (χ0v) is 21.8. The molecule has 0 saturated carbocycles. The first kappa shape index (κ1) is 24.4. The maximum absolute atomic E-state index is 13.6. The third-order valence-electron chi connectivity index (χ3n) is 8.88. The molecule has 0 radical (unpaired) electrons. The predicted molar refractivity (Wildman–Crippen MR) is 135 cm³/mol. The summed E-state index contributed by atoms with van der Waals surface area (Å²) >= 11 is 0. The van der Waals surface area contributed by atoms with Crippen LogP contribution in [0.2, 0.25) is 0 Å². The molecule has 6 atom stereocenters. The Kier molecular flexibility index (Phi) is 5.62. The highest BCUT2D eigenvalue weighted by Gasteiger charge is 2.55. The molecule has 0 bridgehead atoms. The van der Waals surface area contributed by atoms with Crippen LogP contribution < -0.4 is 14.8 Å². The SMILES string of the molecule is C[C@H]1CO[C@]2(C)Oc3c(c(O)c(C(=O)NCCc4ccc(O)cc4)c4c3C[C@@H]3[C@@H](C)CO[C@]3(C)O4)C[C@H]12. The van der Waals surface area contributed by atoms with Crippen LogP contribution >= 0.6 is 0 Å². The van der Waals surface area contributed by atoms with Crippen molar-refractivity contribution in [2.75, 3.05) is 19.8 Å². The van der Waals surface area contributed by atoms with E-state index in [0.717, 1.165) is 11.1 Å². The molecule has 0 spiro atoms. The van der Waals surface area contributed by atoms with Crippen LogP contribution in [0.15, 0.2) is 24.3 Å². The number of hydrogen-bond acceptors (Lipinski definition) is 7. The van der Waals surface area contributed by atoms with E-state index < -0.39 is 17.5 Å². The maximum atomic E-state index is 13.6. The number of ether oxygens (including phenoxy) is 4. The van der Waals surface area contributed by atoms with Gasteiger partial charge in [-0.25, -0.2) is 0 Å². The molecule has 8 nitrogen and oxygen atoms in total. The Labute approximate surface area is 216 Å². The van der Waals surface area contributed by atoms with Crippen LogP contribution in [0.3, 0.4) is 0 Å². The van der Waals surface area contributed by atoms with Crippen LogP contribution in [0.5, 0.6) is 23.0 Å². The molecule has 2 aromatic rings. The van der Waals surface area contributed by atoms with Gasteiger partial charge in [0.25, 0.3) is 5.91 Å². The highest BCUT2D eigenvalue weighted by Crippen LogP contribution is 2.57. The van der Waals surface area contributed by atoms with Gasteiger partial charge in [-0.15, -0.1) is 0 Å². The minimum Gasteiger partial charge on any atom is -0.508 e. The van der Waals surface area contributed by atoms with Crippen molar-refractivity contribution in [2.45, 2.75) is 58.5 Å². The number of phenolic OH excluding ortho intramolecular Hbond substituents is 2. The first-order valence-electron chi connectivity index (χ1n) is 13.2. The minimum atomic E-state index is -0.881. The molecular formula is C29H35NO7.